The van der Waals surface area contributed by atoms with Crippen molar-refractivity contribution in [3.8, 4) is 11.1 Å². The van der Waals surface area contributed by atoms with Crippen LogP contribution >= 0.6 is 15.9 Å². The number of aliphatic hydroxyl groups is 1. The summed E-state index contributed by atoms with van der Waals surface area (Å²) in [4.78, 5) is 4.18. The molecule has 0 bridgehead atoms. The van der Waals surface area contributed by atoms with Gasteiger partial charge in [-0.1, -0.05) is 34.1 Å². The van der Waals surface area contributed by atoms with E-state index in [0.717, 1.165) is 32.3 Å². The molecule has 0 aliphatic carbocycles. The van der Waals surface area contributed by atoms with Crippen LogP contribution in [-0.2, 0) is 5.60 Å². The van der Waals surface area contributed by atoms with E-state index in [9.17, 15) is 5.11 Å². The van der Waals surface area contributed by atoms with E-state index in [4.69, 9.17) is 4.42 Å². The Hall–Kier alpha value is -1.65. The third kappa shape index (κ3) is 2.25. The maximum atomic E-state index is 10.4. The van der Waals surface area contributed by atoms with Crippen LogP contribution in [0.4, 0.5) is 0 Å². The van der Waals surface area contributed by atoms with Crippen molar-refractivity contribution in [3.05, 3.63) is 52.8 Å². The predicted octanol–water partition coefficient (Wildman–Crippen LogP) is 4.48. The Bertz CT molecular complexity index is 771. The largest absolute Gasteiger partial charge is 0.443 e. The Balaban J connectivity index is 2.34. The summed E-state index contributed by atoms with van der Waals surface area (Å²) in [6.45, 7) is 3.56. The third-order valence-corrected chi connectivity index (χ3v) is 3.78. The lowest BCUT2D eigenvalue weighted by Crippen LogP contribution is -2.16. The summed E-state index contributed by atoms with van der Waals surface area (Å²) in [6, 6.07) is 11.7. The van der Waals surface area contributed by atoms with Crippen molar-refractivity contribution in [2.24, 2.45) is 0 Å². The molecule has 0 unspecified atom stereocenters. The molecule has 3 nitrogen and oxygen atoms in total. The molecule has 1 N–H and O–H groups in total. The van der Waals surface area contributed by atoms with Crippen LogP contribution in [0, 0.1) is 0 Å². The van der Waals surface area contributed by atoms with Crippen LogP contribution in [0.25, 0.3) is 22.2 Å². The van der Waals surface area contributed by atoms with Crippen LogP contribution < -0.4 is 0 Å². The fourth-order valence-electron chi connectivity index (χ4n) is 2.37. The molecule has 0 atom stereocenters. The van der Waals surface area contributed by atoms with Crippen molar-refractivity contribution in [2.45, 2.75) is 19.4 Å². The minimum atomic E-state index is -0.932. The second-order valence-electron chi connectivity index (χ2n) is 5.26. The summed E-state index contributed by atoms with van der Waals surface area (Å²) in [5, 5.41) is 10.4. The number of benzene rings is 2. The minimum Gasteiger partial charge on any atom is -0.443 e. The van der Waals surface area contributed by atoms with Gasteiger partial charge in [0.2, 0.25) is 0 Å². The number of aromatic nitrogens is 1. The molecule has 0 saturated heterocycles. The molecule has 0 spiro atoms. The molecule has 102 valence electrons. The monoisotopic (exact) mass is 331 g/mol. The van der Waals surface area contributed by atoms with Crippen LogP contribution in [0.2, 0.25) is 0 Å². The van der Waals surface area contributed by atoms with Crippen LogP contribution in [-0.4, -0.2) is 10.1 Å². The summed E-state index contributed by atoms with van der Waals surface area (Å²) >= 11 is 3.49. The molecule has 1 heterocycles. The van der Waals surface area contributed by atoms with E-state index in [-0.39, 0.29) is 0 Å². The molecular formula is C16H14BrNO2. The number of fused-ring (bicyclic) bond motifs is 1. The Morgan fingerprint density at radius 2 is 1.95 bits per heavy atom. The van der Waals surface area contributed by atoms with Gasteiger partial charge in [0.1, 0.15) is 5.52 Å². The van der Waals surface area contributed by atoms with Crippen LogP contribution in [0.3, 0.4) is 0 Å². The number of nitrogens with zero attached hydrogens (tertiary/aromatic N) is 1. The average Bonchev–Trinajstić information content (AvgIpc) is 2.85. The van der Waals surface area contributed by atoms with Gasteiger partial charge < -0.3 is 9.52 Å². The quantitative estimate of drug-likeness (QED) is 0.752. The van der Waals surface area contributed by atoms with Gasteiger partial charge in [0.25, 0.3) is 0 Å². The lowest BCUT2D eigenvalue weighted by Gasteiger charge is -2.22. The molecule has 0 saturated carbocycles. The lowest BCUT2D eigenvalue weighted by atomic mass is 9.89. The molecule has 0 aliphatic heterocycles. The van der Waals surface area contributed by atoms with E-state index in [1.807, 2.05) is 36.4 Å². The highest BCUT2D eigenvalue weighted by molar-refractivity contribution is 9.10. The first-order valence-electron chi connectivity index (χ1n) is 6.32. The highest BCUT2D eigenvalue weighted by Gasteiger charge is 2.22. The van der Waals surface area contributed by atoms with Crippen molar-refractivity contribution in [2.75, 3.05) is 0 Å². The van der Waals surface area contributed by atoms with E-state index in [2.05, 4.69) is 20.9 Å². The van der Waals surface area contributed by atoms with Gasteiger partial charge in [-0.25, -0.2) is 4.98 Å². The molecular weight excluding hydrogens is 318 g/mol. The highest BCUT2D eigenvalue weighted by atomic mass is 79.9. The van der Waals surface area contributed by atoms with Crippen molar-refractivity contribution >= 4 is 27.0 Å². The number of para-hydroxylation sites is 1. The van der Waals surface area contributed by atoms with Gasteiger partial charge >= 0.3 is 0 Å². The van der Waals surface area contributed by atoms with Gasteiger partial charge in [0, 0.05) is 10.0 Å². The molecule has 4 heteroatoms. The molecule has 2 aromatic carbocycles. The second-order valence-corrected chi connectivity index (χ2v) is 6.17. The number of halogens is 1. The predicted molar refractivity (Wildman–Crippen MR) is 82.4 cm³/mol. The Morgan fingerprint density at radius 3 is 2.70 bits per heavy atom. The number of rotatable bonds is 2. The SMILES string of the molecule is CC(C)(O)c1ccc(Br)cc1-c1cccc2ncoc12. The standard InChI is InChI=1S/C16H14BrNO2/c1-16(2,19)13-7-6-10(17)8-12(13)11-4-3-5-14-15(11)20-9-18-14/h3-9,19H,1-2H3. The zero-order valence-corrected chi connectivity index (χ0v) is 12.8. The second kappa shape index (κ2) is 4.72. The number of oxazole rings is 1. The first-order chi connectivity index (χ1) is 9.47. The summed E-state index contributed by atoms with van der Waals surface area (Å²) in [7, 11) is 0. The van der Waals surface area contributed by atoms with Crippen LogP contribution in [0.15, 0.2) is 51.7 Å². The number of hydrogen-bond donors (Lipinski definition) is 1. The zero-order chi connectivity index (χ0) is 14.3. The molecule has 0 fully saturated rings. The lowest BCUT2D eigenvalue weighted by molar-refractivity contribution is 0.0792. The van der Waals surface area contributed by atoms with Crippen LogP contribution in [0.1, 0.15) is 19.4 Å². The first-order valence-corrected chi connectivity index (χ1v) is 7.11. The average molecular weight is 332 g/mol. The fourth-order valence-corrected chi connectivity index (χ4v) is 2.73. The smallest absolute Gasteiger partial charge is 0.182 e. The molecule has 1 aromatic heterocycles. The molecule has 0 amide bonds. The summed E-state index contributed by atoms with van der Waals surface area (Å²) in [5.41, 5.74) is 3.33. The topological polar surface area (TPSA) is 46.3 Å². The van der Waals surface area contributed by atoms with E-state index in [0.29, 0.717) is 0 Å². The van der Waals surface area contributed by atoms with Crippen molar-refractivity contribution < 1.29 is 9.52 Å². The highest BCUT2D eigenvalue weighted by Crippen LogP contribution is 2.37. The maximum Gasteiger partial charge on any atom is 0.182 e. The number of hydrogen-bond acceptors (Lipinski definition) is 3. The first kappa shape index (κ1) is 13.3. The molecule has 3 aromatic rings. The Morgan fingerprint density at radius 1 is 1.15 bits per heavy atom. The normalized spacial score (nSPS) is 12.0. The van der Waals surface area contributed by atoms with Crippen molar-refractivity contribution in [1.82, 2.24) is 4.98 Å². The van der Waals surface area contributed by atoms with Gasteiger partial charge in [0.05, 0.1) is 5.60 Å². The molecule has 0 radical (unpaired) electrons. The van der Waals surface area contributed by atoms with Crippen molar-refractivity contribution in [1.29, 1.82) is 0 Å². The van der Waals surface area contributed by atoms with E-state index in [1.165, 1.54) is 6.39 Å². The molecule has 3 rings (SSSR count). The summed E-state index contributed by atoms with van der Waals surface area (Å²) in [6.07, 6.45) is 1.44. The Kier molecular flexibility index (Phi) is 3.15. The summed E-state index contributed by atoms with van der Waals surface area (Å²) in [5.74, 6) is 0. The van der Waals surface area contributed by atoms with E-state index >= 15 is 0 Å². The Labute approximate surface area is 125 Å². The zero-order valence-electron chi connectivity index (χ0n) is 11.2. The van der Waals surface area contributed by atoms with Gasteiger partial charge in [-0.2, -0.15) is 0 Å². The molecule has 20 heavy (non-hydrogen) atoms. The third-order valence-electron chi connectivity index (χ3n) is 3.29. The maximum absolute atomic E-state index is 10.4. The minimum absolute atomic E-state index is 0.733. The van der Waals surface area contributed by atoms with Gasteiger partial charge in [-0.05, 0) is 43.2 Å². The van der Waals surface area contributed by atoms with Gasteiger partial charge in [-0.3, -0.25) is 0 Å². The summed E-state index contributed by atoms with van der Waals surface area (Å²) < 4.78 is 6.46. The molecule has 0 aliphatic rings. The van der Waals surface area contributed by atoms with E-state index < -0.39 is 5.60 Å². The van der Waals surface area contributed by atoms with Gasteiger partial charge in [-0.15, -0.1) is 0 Å². The van der Waals surface area contributed by atoms with Crippen molar-refractivity contribution in [3.63, 3.8) is 0 Å². The van der Waals surface area contributed by atoms with Crippen LogP contribution in [0.5, 0.6) is 0 Å². The van der Waals surface area contributed by atoms with Gasteiger partial charge in [0.15, 0.2) is 12.0 Å². The fraction of sp³-hybridized carbons (Fsp3) is 0.188. The van der Waals surface area contributed by atoms with E-state index in [1.54, 1.807) is 13.8 Å².